The summed E-state index contributed by atoms with van der Waals surface area (Å²) < 4.78 is 0. The lowest BCUT2D eigenvalue weighted by molar-refractivity contribution is 1.06. The highest BCUT2D eigenvalue weighted by atomic mass is 32.2. The van der Waals surface area contributed by atoms with Crippen LogP contribution < -0.4 is 0 Å². The van der Waals surface area contributed by atoms with Crippen molar-refractivity contribution in [1.29, 1.82) is 0 Å². The van der Waals surface area contributed by atoms with E-state index < -0.39 is 0 Å². The molecule has 1 N–H and O–H groups in total. The van der Waals surface area contributed by atoms with Crippen molar-refractivity contribution >= 4 is 11.8 Å². The van der Waals surface area contributed by atoms with E-state index in [9.17, 15) is 0 Å². The van der Waals surface area contributed by atoms with Gasteiger partial charge >= 0.3 is 0 Å². The van der Waals surface area contributed by atoms with Gasteiger partial charge in [0.1, 0.15) is 0 Å². The highest BCUT2D eigenvalue weighted by Crippen LogP contribution is 2.23. The lowest BCUT2D eigenvalue weighted by atomic mass is 10.2. The first-order chi connectivity index (χ1) is 9.42. The molecule has 0 unspecified atom stereocenters. The van der Waals surface area contributed by atoms with E-state index >= 15 is 0 Å². The monoisotopic (exact) mass is 267 g/mol. The average Bonchev–Trinajstić information content (AvgIpc) is 2.96. The number of imidazole rings is 1. The third kappa shape index (κ3) is 3.03. The van der Waals surface area contributed by atoms with Crippen molar-refractivity contribution in [2.24, 2.45) is 0 Å². The molecule has 2 aromatic heterocycles. The number of aromatic nitrogens is 3. The van der Waals surface area contributed by atoms with Gasteiger partial charge in [0.25, 0.3) is 0 Å². The maximum Gasteiger partial charge on any atom is 0.166 e. The maximum absolute atomic E-state index is 4.39. The summed E-state index contributed by atoms with van der Waals surface area (Å²) in [6.45, 7) is 0. The second-order valence-corrected chi connectivity index (χ2v) is 5.08. The van der Waals surface area contributed by atoms with Crippen LogP contribution in [0.15, 0.2) is 66.2 Å². The second kappa shape index (κ2) is 5.71. The smallest absolute Gasteiger partial charge is 0.166 e. The van der Waals surface area contributed by atoms with Crippen LogP contribution in [-0.4, -0.2) is 15.0 Å². The molecule has 3 rings (SSSR count). The van der Waals surface area contributed by atoms with Crippen molar-refractivity contribution in [3.63, 3.8) is 0 Å². The number of rotatable bonds is 4. The Bertz CT molecular complexity index is 635. The number of benzene rings is 1. The number of nitrogens with one attached hydrogen (secondary N) is 1. The highest BCUT2D eigenvalue weighted by Gasteiger charge is 2.03. The van der Waals surface area contributed by atoms with Gasteiger partial charge in [-0.2, -0.15) is 0 Å². The molecule has 0 bridgehead atoms. The van der Waals surface area contributed by atoms with Gasteiger partial charge in [-0.1, -0.05) is 48.2 Å². The molecule has 0 aliphatic heterocycles. The van der Waals surface area contributed by atoms with Gasteiger partial charge in [-0.15, -0.1) is 0 Å². The van der Waals surface area contributed by atoms with Crippen LogP contribution in [0.1, 0.15) is 5.56 Å². The molecule has 2 heterocycles. The first-order valence-corrected chi connectivity index (χ1v) is 7.02. The van der Waals surface area contributed by atoms with Crippen molar-refractivity contribution < 1.29 is 0 Å². The molecule has 0 amide bonds. The molecule has 0 saturated heterocycles. The van der Waals surface area contributed by atoms with Gasteiger partial charge in [0.15, 0.2) is 5.16 Å². The Morgan fingerprint density at radius 2 is 1.89 bits per heavy atom. The minimum Gasteiger partial charge on any atom is -0.333 e. The Kier molecular flexibility index (Phi) is 3.61. The quantitative estimate of drug-likeness (QED) is 0.732. The van der Waals surface area contributed by atoms with E-state index in [0.717, 1.165) is 22.2 Å². The Balaban J connectivity index is 1.69. The molecule has 1 aromatic carbocycles. The average molecular weight is 267 g/mol. The Labute approximate surface area is 116 Å². The summed E-state index contributed by atoms with van der Waals surface area (Å²) in [5, 5.41) is 0.933. The van der Waals surface area contributed by atoms with E-state index in [4.69, 9.17) is 0 Å². The van der Waals surface area contributed by atoms with E-state index in [1.165, 1.54) is 5.56 Å². The van der Waals surface area contributed by atoms with Crippen LogP contribution in [0.5, 0.6) is 0 Å². The Morgan fingerprint density at radius 3 is 2.68 bits per heavy atom. The van der Waals surface area contributed by atoms with E-state index in [2.05, 4.69) is 33.2 Å². The molecule has 0 fully saturated rings. The highest BCUT2D eigenvalue weighted by molar-refractivity contribution is 7.98. The van der Waals surface area contributed by atoms with E-state index in [0.29, 0.717) is 0 Å². The number of pyridine rings is 1. The molecule has 0 aliphatic rings. The predicted molar refractivity (Wildman–Crippen MR) is 77.8 cm³/mol. The van der Waals surface area contributed by atoms with Crippen LogP contribution in [0.25, 0.3) is 11.3 Å². The van der Waals surface area contributed by atoms with Crippen LogP contribution in [0.3, 0.4) is 0 Å². The normalized spacial score (nSPS) is 10.5. The van der Waals surface area contributed by atoms with Crippen molar-refractivity contribution in [1.82, 2.24) is 15.0 Å². The van der Waals surface area contributed by atoms with Crippen LogP contribution in [0, 0.1) is 0 Å². The minimum absolute atomic E-state index is 0.871. The van der Waals surface area contributed by atoms with Crippen LogP contribution in [0.2, 0.25) is 0 Å². The van der Waals surface area contributed by atoms with Crippen LogP contribution >= 0.6 is 11.8 Å². The molecular weight excluding hydrogens is 254 g/mol. The van der Waals surface area contributed by atoms with Gasteiger partial charge in [-0.05, 0) is 17.2 Å². The SMILES string of the molecule is c1ccc(-c2cnc(SCc3cccnc3)[nH]2)cc1. The van der Waals surface area contributed by atoms with Gasteiger partial charge in [0.05, 0.1) is 11.9 Å². The summed E-state index contributed by atoms with van der Waals surface area (Å²) in [5.74, 6) is 0.871. The first kappa shape index (κ1) is 12.0. The maximum atomic E-state index is 4.39. The van der Waals surface area contributed by atoms with Crippen molar-refractivity contribution in [3.8, 4) is 11.3 Å². The van der Waals surface area contributed by atoms with Crippen molar-refractivity contribution in [2.45, 2.75) is 10.9 Å². The lowest BCUT2D eigenvalue weighted by Gasteiger charge is -1.98. The van der Waals surface area contributed by atoms with E-state index in [1.807, 2.05) is 36.7 Å². The minimum atomic E-state index is 0.871. The van der Waals surface area contributed by atoms with Gasteiger partial charge in [0.2, 0.25) is 0 Å². The first-order valence-electron chi connectivity index (χ1n) is 6.04. The third-order valence-corrected chi connectivity index (χ3v) is 3.69. The third-order valence-electron chi connectivity index (χ3n) is 2.74. The van der Waals surface area contributed by atoms with Crippen molar-refractivity contribution in [2.75, 3.05) is 0 Å². The largest absolute Gasteiger partial charge is 0.333 e. The number of H-pyrrole nitrogens is 1. The van der Waals surface area contributed by atoms with Gasteiger partial charge < -0.3 is 4.98 Å². The molecule has 0 spiro atoms. The number of hydrogen-bond acceptors (Lipinski definition) is 3. The number of aromatic amines is 1. The number of thioether (sulfide) groups is 1. The summed E-state index contributed by atoms with van der Waals surface area (Å²) >= 11 is 1.68. The summed E-state index contributed by atoms with van der Waals surface area (Å²) in [7, 11) is 0. The molecule has 0 atom stereocenters. The topological polar surface area (TPSA) is 41.6 Å². The molecular formula is C15H13N3S. The zero-order valence-electron chi connectivity index (χ0n) is 10.3. The van der Waals surface area contributed by atoms with E-state index in [-0.39, 0.29) is 0 Å². The fourth-order valence-corrected chi connectivity index (χ4v) is 2.56. The fraction of sp³-hybridized carbons (Fsp3) is 0.0667. The molecule has 0 aliphatic carbocycles. The molecule has 94 valence electrons. The van der Waals surface area contributed by atoms with Crippen LogP contribution in [0.4, 0.5) is 0 Å². The van der Waals surface area contributed by atoms with E-state index in [1.54, 1.807) is 18.0 Å². The van der Waals surface area contributed by atoms with Gasteiger partial charge in [0, 0.05) is 18.1 Å². The summed E-state index contributed by atoms with van der Waals surface area (Å²) in [6.07, 6.45) is 5.55. The van der Waals surface area contributed by atoms with Crippen LogP contribution in [-0.2, 0) is 5.75 Å². The summed E-state index contributed by atoms with van der Waals surface area (Å²) in [6, 6.07) is 14.2. The zero-order chi connectivity index (χ0) is 12.9. The molecule has 19 heavy (non-hydrogen) atoms. The van der Waals surface area contributed by atoms with Gasteiger partial charge in [-0.3, -0.25) is 4.98 Å². The molecule has 3 nitrogen and oxygen atoms in total. The number of hydrogen-bond donors (Lipinski definition) is 1. The molecule has 0 radical (unpaired) electrons. The Hall–Kier alpha value is -2.07. The second-order valence-electron chi connectivity index (χ2n) is 4.12. The summed E-state index contributed by atoms with van der Waals surface area (Å²) in [4.78, 5) is 11.8. The Morgan fingerprint density at radius 1 is 1.00 bits per heavy atom. The zero-order valence-corrected chi connectivity index (χ0v) is 11.1. The molecule has 3 aromatic rings. The van der Waals surface area contributed by atoms with Crippen molar-refractivity contribution in [3.05, 3.63) is 66.6 Å². The summed E-state index contributed by atoms with van der Waals surface area (Å²) in [5.41, 5.74) is 3.41. The number of nitrogens with zero attached hydrogens (tertiary/aromatic N) is 2. The lowest BCUT2D eigenvalue weighted by Crippen LogP contribution is -1.83. The molecule has 0 saturated carbocycles. The fourth-order valence-electron chi connectivity index (χ4n) is 1.78. The predicted octanol–water partition coefficient (Wildman–Crippen LogP) is 3.76. The van der Waals surface area contributed by atoms with Gasteiger partial charge in [-0.25, -0.2) is 4.98 Å². The standard InChI is InChI=1S/C15H13N3S/c1-2-6-13(7-3-1)14-10-17-15(18-14)19-11-12-5-4-8-16-9-12/h1-10H,11H2,(H,17,18). The molecule has 4 heteroatoms.